The van der Waals surface area contributed by atoms with Crippen molar-refractivity contribution in [3.05, 3.63) is 33.7 Å². The average molecular weight is 278 g/mol. The molecular formula is C17H30N2O. The fourth-order valence-electron chi connectivity index (χ4n) is 2.28. The highest BCUT2D eigenvalue weighted by atomic mass is 16.1. The van der Waals surface area contributed by atoms with Crippen molar-refractivity contribution in [2.24, 2.45) is 0 Å². The van der Waals surface area contributed by atoms with E-state index in [-0.39, 0.29) is 11.6 Å². The molecular weight excluding hydrogens is 248 g/mol. The van der Waals surface area contributed by atoms with Crippen LogP contribution in [0.1, 0.15) is 77.6 Å². The maximum absolute atomic E-state index is 12.7. The highest BCUT2D eigenvalue weighted by Crippen LogP contribution is 2.19. The van der Waals surface area contributed by atoms with Crippen LogP contribution in [0.2, 0.25) is 0 Å². The Kier molecular flexibility index (Phi) is 6.47. The van der Waals surface area contributed by atoms with Crippen molar-refractivity contribution in [3.8, 4) is 0 Å². The number of nitrogens with zero attached hydrogens (tertiary/aromatic N) is 1. The van der Waals surface area contributed by atoms with Gasteiger partial charge in [0.25, 0.3) is 5.56 Å². The summed E-state index contributed by atoms with van der Waals surface area (Å²) in [5.74, 6) is 0.369. The van der Waals surface area contributed by atoms with Crippen LogP contribution >= 0.6 is 0 Å². The van der Waals surface area contributed by atoms with Gasteiger partial charge in [0.2, 0.25) is 0 Å². The van der Waals surface area contributed by atoms with Crippen LogP contribution in [0.25, 0.3) is 0 Å². The second kappa shape index (κ2) is 7.63. The molecule has 0 radical (unpaired) electrons. The lowest BCUT2D eigenvalue weighted by Gasteiger charge is -2.22. The largest absolute Gasteiger partial charge is 0.310 e. The molecule has 1 aromatic rings. The van der Waals surface area contributed by atoms with Gasteiger partial charge in [-0.2, -0.15) is 0 Å². The quantitative estimate of drug-likeness (QED) is 0.822. The molecule has 0 amide bonds. The van der Waals surface area contributed by atoms with Crippen molar-refractivity contribution >= 4 is 0 Å². The predicted octanol–water partition coefficient (Wildman–Crippen LogP) is 3.83. The average Bonchev–Trinajstić information content (AvgIpc) is 2.44. The number of nitrogens with one attached hydrogen (secondary N) is 1. The minimum Gasteiger partial charge on any atom is -0.310 e. The Morgan fingerprint density at radius 1 is 1.10 bits per heavy atom. The summed E-state index contributed by atoms with van der Waals surface area (Å²) in [6, 6.07) is 4.80. The summed E-state index contributed by atoms with van der Waals surface area (Å²) in [6.07, 6.45) is 2.05. The monoisotopic (exact) mass is 278 g/mol. The van der Waals surface area contributed by atoms with Crippen LogP contribution < -0.4 is 10.9 Å². The van der Waals surface area contributed by atoms with Gasteiger partial charge in [-0.1, -0.05) is 33.8 Å². The summed E-state index contributed by atoms with van der Waals surface area (Å²) in [5, 5.41) is 3.41. The molecule has 0 saturated carbocycles. The summed E-state index contributed by atoms with van der Waals surface area (Å²) in [4.78, 5) is 12.7. The first-order chi connectivity index (χ1) is 9.42. The van der Waals surface area contributed by atoms with Crippen molar-refractivity contribution in [2.75, 3.05) is 0 Å². The molecule has 3 nitrogen and oxygen atoms in total. The fraction of sp³-hybridized carbons (Fsp3) is 0.706. The lowest BCUT2D eigenvalue weighted by Crippen LogP contribution is -2.33. The Labute approximate surface area is 123 Å². The minimum absolute atomic E-state index is 0.168. The van der Waals surface area contributed by atoms with Gasteiger partial charge in [-0.25, -0.2) is 0 Å². The Morgan fingerprint density at radius 2 is 1.75 bits per heavy atom. The van der Waals surface area contributed by atoms with Gasteiger partial charge in [0, 0.05) is 29.9 Å². The molecule has 0 aliphatic heterocycles. The molecule has 1 heterocycles. The molecule has 0 saturated heterocycles. The van der Waals surface area contributed by atoms with Gasteiger partial charge in [-0.3, -0.25) is 4.79 Å². The number of pyridine rings is 1. The van der Waals surface area contributed by atoms with E-state index in [1.165, 1.54) is 0 Å². The Bertz CT molecular complexity index is 476. The van der Waals surface area contributed by atoms with E-state index in [0.717, 1.165) is 24.1 Å². The van der Waals surface area contributed by atoms with Crippen LogP contribution in [-0.2, 0) is 6.54 Å². The predicted molar refractivity (Wildman–Crippen MR) is 86.4 cm³/mol. The van der Waals surface area contributed by atoms with E-state index >= 15 is 0 Å². The van der Waals surface area contributed by atoms with Gasteiger partial charge in [0.05, 0.1) is 0 Å². The molecule has 0 bridgehead atoms. The Morgan fingerprint density at radius 3 is 2.25 bits per heavy atom. The topological polar surface area (TPSA) is 34.0 Å². The maximum Gasteiger partial charge on any atom is 0.255 e. The highest BCUT2D eigenvalue weighted by molar-refractivity contribution is 5.19. The van der Waals surface area contributed by atoms with E-state index in [0.29, 0.717) is 18.5 Å². The van der Waals surface area contributed by atoms with E-state index in [9.17, 15) is 4.79 Å². The Hall–Kier alpha value is -1.09. The van der Waals surface area contributed by atoms with Crippen LogP contribution in [-0.4, -0.2) is 10.6 Å². The van der Waals surface area contributed by atoms with Gasteiger partial charge >= 0.3 is 0 Å². The van der Waals surface area contributed by atoms with Crippen LogP contribution in [0.5, 0.6) is 0 Å². The molecule has 0 aliphatic rings. The zero-order valence-electron chi connectivity index (χ0n) is 13.9. The minimum atomic E-state index is 0.168. The van der Waals surface area contributed by atoms with Crippen molar-refractivity contribution in [2.45, 2.75) is 78.9 Å². The standard InChI is InChI=1S/C17H30N2O/c1-7-13(5)18-11-15-9-10-16(12(3)4)19(17(15)20)14(6)8-2/h9-10,12-14,18H,7-8,11H2,1-6H3. The number of aromatic nitrogens is 1. The van der Waals surface area contributed by atoms with Gasteiger partial charge in [-0.15, -0.1) is 0 Å². The molecule has 114 valence electrons. The molecule has 1 N–H and O–H groups in total. The second-order valence-corrected chi connectivity index (χ2v) is 6.06. The normalized spacial score (nSPS) is 14.6. The maximum atomic E-state index is 12.7. The number of rotatable bonds is 7. The second-order valence-electron chi connectivity index (χ2n) is 6.06. The Balaban J connectivity index is 3.14. The zero-order valence-corrected chi connectivity index (χ0v) is 13.9. The summed E-state index contributed by atoms with van der Waals surface area (Å²) in [5.41, 5.74) is 2.17. The van der Waals surface area contributed by atoms with Crippen molar-refractivity contribution < 1.29 is 0 Å². The van der Waals surface area contributed by atoms with Crippen LogP contribution in [0.15, 0.2) is 16.9 Å². The molecule has 2 unspecified atom stereocenters. The summed E-state index contributed by atoms with van der Waals surface area (Å²) in [7, 11) is 0. The first-order valence-corrected chi connectivity index (χ1v) is 7.89. The van der Waals surface area contributed by atoms with Crippen LogP contribution in [0.3, 0.4) is 0 Å². The lowest BCUT2D eigenvalue weighted by molar-refractivity contribution is 0.474. The van der Waals surface area contributed by atoms with E-state index < -0.39 is 0 Å². The fourth-order valence-corrected chi connectivity index (χ4v) is 2.28. The summed E-state index contributed by atoms with van der Waals surface area (Å²) in [6.45, 7) is 13.5. The van der Waals surface area contributed by atoms with E-state index in [4.69, 9.17) is 0 Å². The molecule has 1 rings (SSSR count). The van der Waals surface area contributed by atoms with Gasteiger partial charge in [-0.05, 0) is 38.7 Å². The number of hydrogen-bond donors (Lipinski definition) is 1. The molecule has 0 aliphatic carbocycles. The van der Waals surface area contributed by atoms with E-state index in [1.807, 2.05) is 10.6 Å². The van der Waals surface area contributed by atoms with Crippen molar-refractivity contribution in [1.82, 2.24) is 9.88 Å². The zero-order chi connectivity index (χ0) is 15.3. The van der Waals surface area contributed by atoms with E-state index in [1.54, 1.807) is 0 Å². The molecule has 20 heavy (non-hydrogen) atoms. The van der Waals surface area contributed by atoms with Gasteiger partial charge in [0.1, 0.15) is 0 Å². The van der Waals surface area contributed by atoms with Gasteiger partial charge in [0.15, 0.2) is 0 Å². The molecule has 0 fully saturated rings. The lowest BCUT2D eigenvalue weighted by atomic mass is 10.1. The van der Waals surface area contributed by atoms with E-state index in [2.05, 4.69) is 52.9 Å². The van der Waals surface area contributed by atoms with Gasteiger partial charge < -0.3 is 9.88 Å². The summed E-state index contributed by atoms with van der Waals surface area (Å²) < 4.78 is 1.98. The molecule has 3 heteroatoms. The first kappa shape index (κ1) is 17.0. The number of hydrogen-bond acceptors (Lipinski definition) is 2. The third-order valence-corrected chi connectivity index (χ3v) is 4.10. The van der Waals surface area contributed by atoms with Crippen molar-refractivity contribution in [1.29, 1.82) is 0 Å². The third-order valence-electron chi connectivity index (χ3n) is 4.10. The molecule has 0 aromatic carbocycles. The summed E-state index contributed by atoms with van der Waals surface area (Å²) >= 11 is 0. The highest BCUT2D eigenvalue weighted by Gasteiger charge is 2.15. The third kappa shape index (κ3) is 3.95. The molecule has 0 spiro atoms. The van der Waals surface area contributed by atoms with Crippen LogP contribution in [0.4, 0.5) is 0 Å². The first-order valence-electron chi connectivity index (χ1n) is 7.89. The SMILES string of the molecule is CCC(C)NCc1ccc(C(C)C)n(C(C)CC)c1=O. The van der Waals surface area contributed by atoms with Crippen molar-refractivity contribution in [3.63, 3.8) is 0 Å². The smallest absolute Gasteiger partial charge is 0.255 e. The molecule has 2 atom stereocenters. The van der Waals surface area contributed by atoms with Crippen LogP contribution in [0, 0.1) is 0 Å². The molecule has 1 aromatic heterocycles.